The molecule has 0 radical (unpaired) electrons. The Balaban J connectivity index is 0.00000108. The highest BCUT2D eigenvalue weighted by Crippen LogP contribution is 2.25. The van der Waals surface area contributed by atoms with E-state index >= 15 is 0 Å². The summed E-state index contributed by atoms with van der Waals surface area (Å²) in [4.78, 5) is 4.17. The second kappa shape index (κ2) is 4.55. The van der Waals surface area contributed by atoms with Crippen LogP contribution in [0.15, 0.2) is 42.9 Å². The van der Waals surface area contributed by atoms with Gasteiger partial charge in [-0.3, -0.25) is 4.98 Å². The van der Waals surface area contributed by atoms with Gasteiger partial charge in [-0.05, 0) is 18.6 Å². The zero-order chi connectivity index (χ0) is 11.0. The van der Waals surface area contributed by atoms with Crippen molar-refractivity contribution in [2.75, 3.05) is 0 Å². The standard InChI is InChI=1S/C14H14N2.H3N/c1-2-8-16-9-6-11-3-4-12-10-15-7-5-13(12)14(11)16;/h3-7,9-10H,2,8H2,1H3;1H3. The Kier molecular flexibility index (Phi) is 3.11. The van der Waals surface area contributed by atoms with Crippen molar-refractivity contribution in [3.63, 3.8) is 0 Å². The van der Waals surface area contributed by atoms with E-state index in [-0.39, 0.29) is 6.15 Å². The van der Waals surface area contributed by atoms with Gasteiger partial charge in [0.25, 0.3) is 0 Å². The van der Waals surface area contributed by atoms with E-state index in [0.29, 0.717) is 0 Å². The molecule has 3 nitrogen and oxygen atoms in total. The molecule has 2 heterocycles. The third-order valence-electron chi connectivity index (χ3n) is 3.01. The molecule has 0 fully saturated rings. The smallest absolute Gasteiger partial charge is 0.0561 e. The summed E-state index contributed by atoms with van der Waals surface area (Å²) in [7, 11) is 0. The molecular weight excluding hydrogens is 210 g/mol. The fourth-order valence-electron chi connectivity index (χ4n) is 2.30. The number of benzene rings is 1. The summed E-state index contributed by atoms with van der Waals surface area (Å²) in [6, 6.07) is 8.60. The summed E-state index contributed by atoms with van der Waals surface area (Å²) >= 11 is 0. The van der Waals surface area contributed by atoms with Crippen molar-refractivity contribution < 1.29 is 0 Å². The molecule has 0 aliphatic heterocycles. The van der Waals surface area contributed by atoms with Gasteiger partial charge >= 0.3 is 0 Å². The maximum absolute atomic E-state index is 4.17. The summed E-state index contributed by atoms with van der Waals surface area (Å²) in [5.74, 6) is 0. The number of aromatic nitrogens is 2. The molecule has 0 saturated heterocycles. The fraction of sp³-hybridized carbons (Fsp3) is 0.214. The summed E-state index contributed by atoms with van der Waals surface area (Å²) in [5, 5.41) is 3.82. The predicted molar refractivity (Wildman–Crippen MR) is 72.6 cm³/mol. The van der Waals surface area contributed by atoms with Crippen LogP contribution in [0.3, 0.4) is 0 Å². The number of pyridine rings is 1. The lowest BCUT2D eigenvalue weighted by Crippen LogP contribution is -1.94. The van der Waals surface area contributed by atoms with Crippen LogP contribution in [0.5, 0.6) is 0 Å². The van der Waals surface area contributed by atoms with Gasteiger partial charge in [-0.25, -0.2) is 0 Å². The van der Waals surface area contributed by atoms with E-state index in [9.17, 15) is 0 Å². The Morgan fingerprint density at radius 2 is 1.94 bits per heavy atom. The topological polar surface area (TPSA) is 52.8 Å². The molecule has 1 aromatic carbocycles. The molecule has 3 rings (SSSR count). The van der Waals surface area contributed by atoms with Crippen LogP contribution in [0.4, 0.5) is 0 Å². The minimum atomic E-state index is 0. The average Bonchev–Trinajstić information content (AvgIpc) is 2.73. The van der Waals surface area contributed by atoms with Gasteiger partial charge in [0, 0.05) is 41.3 Å². The predicted octanol–water partition coefficient (Wildman–Crippen LogP) is 3.76. The lowest BCUT2D eigenvalue weighted by atomic mass is 10.1. The number of nitrogens with zero attached hydrogens (tertiary/aromatic N) is 2. The molecule has 0 amide bonds. The lowest BCUT2D eigenvalue weighted by Gasteiger charge is -2.06. The molecular formula is C14H17N3. The molecule has 0 aliphatic rings. The minimum Gasteiger partial charge on any atom is -0.347 e. The van der Waals surface area contributed by atoms with E-state index < -0.39 is 0 Å². The molecule has 2 aromatic heterocycles. The SMILES string of the molecule is CCCn1ccc2ccc3cnccc3c21.N. The van der Waals surface area contributed by atoms with Crippen LogP contribution in [-0.4, -0.2) is 9.55 Å². The molecule has 0 aliphatic carbocycles. The van der Waals surface area contributed by atoms with Crippen molar-refractivity contribution >= 4 is 21.7 Å². The Bertz CT molecular complexity index is 640. The number of hydrogen-bond acceptors (Lipinski definition) is 2. The van der Waals surface area contributed by atoms with Crippen LogP contribution >= 0.6 is 0 Å². The summed E-state index contributed by atoms with van der Waals surface area (Å²) in [5.41, 5.74) is 1.33. The molecule has 0 spiro atoms. The first-order valence-corrected chi connectivity index (χ1v) is 5.71. The molecule has 3 aromatic rings. The van der Waals surface area contributed by atoms with Gasteiger partial charge in [0.2, 0.25) is 0 Å². The number of hydrogen-bond donors (Lipinski definition) is 1. The second-order valence-corrected chi connectivity index (χ2v) is 4.11. The first-order chi connectivity index (χ1) is 7.90. The van der Waals surface area contributed by atoms with Crippen LogP contribution in [0.25, 0.3) is 21.7 Å². The van der Waals surface area contributed by atoms with Gasteiger partial charge in [0.15, 0.2) is 0 Å². The number of aryl methyl sites for hydroxylation is 1. The molecule has 0 unspecified atom stereocenters. The van der Waals surface area contributed by atoms with Gasteiger partial charge in [-0.15, -0.1) is 0 Å². The van der Waals surface area contributed by atoms with E-state index in [0.717, 1.165) is 13.0 Å². The first kappa shape index (κ1) is 11.6. The zero-order valence-electron chi connectivity index (χ0n) is 10.1. The summed E-state index contributed by atoms with van der Waals surface area (Å²) < 4.78 is 2.33. The van der Waals surface area contributed by atoms with Crippen molar-refractivity contribution in [2.45, 2.75) is 19.9 Å². The summed E-state index contributed by atoms with van der Waals surface area (Å²) in [6.45, 7) is 3.28. The van der Waals surface area contributed by atoms with Crippen LogP contribution in [0.1, 0.15) is 13.3 Å². The number of rotatable bonds is 2. The van der Waals surface area contributed by atoms with Crippen LogP contribution in [-0.2, 0) is 6.54 Å². The van der Waals surface area contributed by atoms with Crippen LogP contribution in [0.2, 0.25) is 0 Å². The molecule has 3 N–H and O–H groups in total. The third-order valence-corrected chi connectivity index (χ3v) is 3.01. The van der Waals surface area contributed by atoms with Gasteiger partial charge < -0.3 is 10.7 Å². The monoisotopic (exact) mass is 227 g/mol. The Labute approximate surface area is 101 Å². The van der Waals surface area contributed by atoms with Crippen LogP contribution in [0, 0.1) is 0 Å². The van der Waals surface area contributed by atoms with E-state index in [1.807, 2.05) is 12.4 Å². The zero-order valence-corrected chi connectivity index (χ0v) is 10.1. The van der Waals surface area contributed by atoms with Gasteiger partial charge in [-0.2, -0.15) is 0 Å². The number of fused-ring (bicyclic) bond motifs is 3. The van der Waals surface area contributed by atoms with Gasteiger partial charge in [0.05, 0.1) is 5.52 Å². The molecule has 88 valence electrons. The van der Waals surface area contributed by atoms with Crippen molar-refractivity contribution in [1.82, 2.24) is 15.7 Å². The maximum Gasteiger partial charge on any atom is 0.0561 e. The first-order valence-electron chi connectivity index (χ1n) is 5.71. The molecule has 0 bridgehead atoms. The second-order valence-electron chi connectivity index (χ2n) is 4.11. The molecule has 0 atom stereocenters. The Morgan fingerprint density at radius 3 is 2.76 bits per heavy atom. The highest BCUT2D eigenvalue weighted by atomic mass is 14.9. The third kappa shape index (κ3) is 1.78. The van der Waals surface area contributed by atoms with Crippen molar-refractivity contribution in [3.05, 3.63) is 42.9 Å². The highest BCUT2D eigenvalue weighted by molar-refractivity contribution is 6.05. The van der Waals surface area contributed by atoms with Gasteiger partial charge in [-0.1, -0.05) is 19.1 Å². The fourth-order valence-corrected chi connectivity index (χ4v) is 2.30. The Hall–Kier alpha value is -1.87. The average molecular weight is 227 g/mol. The summed E-state index contributed by atoms with van der Waals surface area (Å²) in [6.07, 6.45) is 7.13. The largest absolute Gasteiger partial charge is 0.347 e. The van der Waals surface area contributed by atoms with Crippen molar-refractivity contribution in [2.24, 2.45) is 0 Å². The van der Waals surface area contributed by atoms with E-state index in [2.05, 4.69) is 46.9 Å². The van der Waals surface area contributed by atoms with Crippen LogP contribution < -0.4 is 6.15 Å². The van der Waals surface area contributed by atoms with E-state index in [1.165, 1.54) is 21.7 Å². The normalized spacial score (nSPS) is 10.6. The molecule has 3 heteroatoms. The minimum absolute atomic E-state index is 0. The maximum atomic E-state index is 4.17. The van der Waals surface area contributed by atoms with E-state index in [4.69, 9.17) is 0 Å². The van der Waals surface area contributed by atoms with E-state index in [1.54, 1.807) is 0 Å². The quantitative estimate of drug-likeness (QED) is 0.724. The molecule has 17 heavy (non-hydrogen) atoms. The van der Waals surface area contributed by atoms with Crippen molar-refractivity contribution in [3.8, 4) is 0 Å². The Morgan fingerprint density at radius 1 is 1.12 bits per heavy atom. The lowest BCUT2D eigenvalue weighted by molar-refractivity contribution is 0.705. The van der Waals surface area contributed by atoms with Gasteiger partial charge in [0.1, 0.15) is 0 Å². The van der Waals surface area contributed by atoms with Crippen molar-refractivity contribution in [1.29, 1.82) is 0 Å². The highest BCUT2D eigenvalue weighted by Gasteiger charge is 2.04. The molecule has 0 saturated carbocycles.